The molecular weight excluding hydrogens is 372 g/mol. The summed E-state index contributed by atoms with van der Waals surface area (Å²) in [6, 6.07) is 10.6. The van der Waals surface area contributed by atoms with E-state index < -0.39 is 0 Å². The molecule has 28 heavy (non-hydrogen) atoms. The van der Waals surface area contributed by atoms with Gasteiger partial charge in [-0.2, -0.15) is 0 Å². The first-order chi connectivity index (χ1) is 13.7. The number of ether oxygens (including phenoxy) is 2. The molecule has 7 heteroatoms. The van der Waals surface area contributed by atoms with Crippen molar-refractivity contribution in [2.45, 2.75) is 25.4 Å². The van der Waals surface area contributed by atoms with Crippen molar-refractivity contribution < 1.29 is 9.47 Å². The molecule has 1 aliphatic rings. The fourth-order valence-electron chi connectivity index (χ4n) is 3.53. The maximum atomic E-state index is 5.48. The number of likely N-dealkylation sites (tertiary alicyclic amines) is 1. The molecule has 152 valence electrons. The molecule has 3 rings (SSSR count). The van der Waals surface area contributed by atoms with Crippen LogP contribution in [0.25, 0.3) is 0 Å². The molecule has 1 unspecified atom stereocenters. The van der Waals surface area contributed by atoms with Gasteiger partial charge in [-0.25, -0.2) is 0 Å². The Morgan fingerprint density at radius 3 is 2.64 bits per heavy atom. The van der Waals surface area contributed by atoms with Gasteiger partial charge in [0.1, 0.15) is 11.5 Å². The van der Waals surface area contributed by atoms with E-state index >= 15 is 0 Å². The molecule has 6 nitrogen and oxygen atoms in total. The van der Waals surface area contributed by atoms with E-state index in [1.165, 1.54) is 30.8 Å². The Labute approximate surface area is 171 Å². The van der Waals surface area contributed by atoms with Gasteiger partial charge in [-0.15, -0.1) is 11.3 Å². The number of aliphatic imine (C=N–C) groups is 1. The van der Waals surface area contributed by atoms with Gasteiger partial charge in [0.05, 0.1) is 20.3 Å². The average molecular weight is 403 g/mol. The van der Waals surface area contributed by atoms with Crippen molar-refractivity contribution in [3.63, 3.8) is 0 Å². The zero-order chi connectivity index (χ0) is 19.8. The van der Waals surface area contributed by atoms with Gasteiger partial charge in [0, 0.05) is 36.6 Å². The van der Waals surface area contributed by atoms with Gasteiger partial charge in [-0.1, -0.05) is 6.07 Å². The van der Waals surface area contributed by atoms with Crippen molar-refractivity contribution in [2.24, 2.45) is 4.99 Å². The van der Waals surface area contributed by atoms with E-state index in [2.05, 4.69) is 38.0 Å². The zero-order valence-corrected chi connectivity index (χ0v) is 17.7. The molecule has 0 saturated carbocycles. The number of guanidine groups is 1. The van der Waals surface area contributed by atoms with Crippen LogP contribution in [-0.4, -0.2) is 51.8 Å². The second-order valence-electron chi connectivity index (χ2n) is 6.76. The molecule has 2 heterocycles. The molecule has 1 saturated heterocycles. The smallest absolute Gasteiger partial charge is 0.191 e. The van der Waals surface area contributed by atoms with Crippen LogP contribution in [-0.2, 0) is 6.54 Å². The van der Waals surface area contributed by atoms with Crippen LogP contribution in [0.4, 0.5) is 0 Å². The molecule has 0 bridgehead atoms. The van der Waals surface area contributed by atoms with E-state index in [0.29, 0.717) is 12.6 Å². The van der Waals surface area contributed by atoms with E-state index in [1.54, 1.807) is 21.3 Å². The third-order valence-corrected chi connectivity index (χ3v) is 6.05. The van der Waals surface area contributed by atoms with Gasteiger partial charge >= 0.3 is 0 Å². The first-order valence-corrected chi connectivity index (χ1v) is 10.6. The maximum absolute atomic E-state index is 5.48. The Morgan fingerprint density at radius 1 is 1.18 bits per heavy atom. The van der Waals surface area contributed by atoms with Crippen LogP contribution in [0, 0.1) is 0 Å². The Balaban J connectivity index is 1.59. The lowest BCUT2D eigenvalue weighted by atomic mass is 10.2. The maximum Gasteiger partial charge on any atom is 0.191 e. The van der Waals surface area contributed by atoms with Gasteiger partial charge in [-0.3, -0.25) is 9.89 Å². The zero-order valence-electron chi connectivity index (χ0n) is 16.9. The molecule has 1 fully saturated rings. The fraction of sp³-hybridized carbons (Fsp3) is 0.476. The monoisotopic (exact) mass is 402 g/mol. The highest BCUT2D eigenvalue weighted by Crippen LogP contribution is 2.28. The Kier molecular flexibility index (Phi) is 7.56. The molecule has 2 N–H and O–H groups in total. The summed E-state index contributed by atoms with van der Waals surface area (Å²) in [5, 5.41) is 9.05. The molecule has 1 atom stereocenters. The Hall–Kier alpha value is -2.25. The minimum atomic E-state index is 0.386. The SMILES string of the molecule is CN=C(NCc1ccc(OC)cc1OC)NCC(c1cccs1)N1CCCC1. The number of benzene rings is 1. The molecule has 1 aliphatic heterocycles. The van der Waals surface area contributed by atoms with Crippen LogP contribution in [0.2, 0.25) is 0 Å². The van der Waals surface area contributed by atoms with Crippen LogP contribution in [0.5, 0.6) is 11.5 Å². The molecule has 2 aromatic rings. The lowest BCUT2D eigenvalue weighted by Crippen LogP contribution is -2.42. The van der Waals surface area contributed by atoms with Crippen LogP contribution < -0.4 is 20.1 Å². The number of hydrogen-bond donors (Lipinski definition) is 2. The Morgan fingerprint density at radius 2 is 2.00 bits per heavy atom. The van der Waals surface area contributed by atoms with Crippen molar-refractivity contribution in [1.82, 2.24) is 15.5 Å². The summed E-state index contributed by atoms with van der Waals surface area (Å²) in [5.41, 5.74) is 1.06. The third-order valence-electron chi connectivity index (χ3n) is 5.08. The second kappa shape index (κ2) is 10.3. The van der Waals surface area contributed by atoms with E-state index in [4.69, 9.17) is 9.47 Å². The third kappa shape index (κ3) is 5.17. The highest BCUT2D eigenvalue weighted by Gasteiger charge is 2.24. The number of methoxy groups -OCH3 is 2. The molecule has 0 amide bonds. The standard InChI is InChI=1S/C21H30N4O2S/c1-22-21(23-14-16-8-9-17(26-2)13-19(16)27-3)24-15-18(20-7-6-12-28-20)25-10-4-5-11-25/h6-9,12-13,18H,4-5,10-11,14-15H2,1-3H3,(H2,22,23,24). The second-order valence-corrected chi connectivity index (χ2v) is 7.74. The number of thiophene rings is 1. The van der Waals surface area contributed by atoms with Gasteiger partial charge in [0.25, 0.3) is 0 Å². The summed E-state index contributed by atoms with van der Waals surface area (Å²) in [6.07, 6.45) is 2.57. The average Bonchev–Trinajstić information content (AvgIpc) is 3.45. The van der Waals surface area contributed by atoms with Gasteiger partial charge in [-0.05, 0) is 49.5 Å². The molecule has 1 aromatic carbocycles. The number of rotatable bonds is 8. The van der Waals surface area contributed by atoms with Crippen LogP contribution in [0.15, 0.2) is 40.7 Å². The molecule has 0 spiro atoms. The summed E-state index contributed by atoms with van der Waals surface area (Å²) in [6.45, 7) is 3.79. The normalized spacial score (nSPS) is 16.0. The predicted molar refractivity (Wildman–Crippen MR) is 116 cm³/mol. The van der Waals surface area contributed by atoms with E-state index in [0.717, 1.165) is 29.6 Å². The van der Waals surface area contributed by atoms with Crippen molar-refractivity contribution in [1.29, 1.82) is 0 Å². The first-order valence-electron chi connectivity index (χ1n) is 9.68. The van der Waals surface area contributed by atoms with E-state index in [1.807, 2.05) is 29.5 Å². The molecule has 0 radical (unpaired) electrons. The summed E-state index contributed by atoms with van der Waals surface area (Å²) >= 11 is 1.83. The minimum absolute atomic E-state index is 0.386. The summed E-state index contributed by atoms with van der Waals surface area (Å²) in [5.74, 6) is 2.38. The number of nitrogens with zero attached hydrogens (tertiary/aromatic N) is 2. The van der Waals surface area contributed by atoms with Crippen molar-refractivity contribution in [3.8, 4) is 11.5 Å². The van der Waals surface area contributed by atoms with Gasteiger partial charge in [0.15, 0.2) is 5.96 Å². The molecule has 1 aromatic heterocycles. The van der Waals surface area contributed by atoms with E-state index in [-0.39, 0.29) is 0 Å². The van der Waals surface area contributed by atoms with Gasteiger partial charge < -0.3 is 20.1 Å². The van der Waals surface area contributed by atoms with Crippen molar-refractivity contribution >= 4 is 17.3 Å². The number of nitrogens with one attached hydrogen (secondary N) is 2. The summed E-state index contributed by atoms with van der Waals surface area (Å²) < 4.78 is 10.8. The lowest BCUT2D eigenvalue weighted by molar-refractivity contribution is 0.249. The highest BCUT2D eigenvalue weighted by molar-refractivity contribution is 7.10. The van der Waals surface area contributed by atoms with Crippen LogP contribution >= 0.6 is 11.3 Å². The predicted octanol–water partition coefficient (Wildman–Crippen LogP) is 3.27. The largest absolute Gasteiger partial charge is 0.497 e. The van der Waals surface area contributed by atoms with Gasteiger partial charge in [0.2, 0.25) is 0 Å². The molecular formula is C21H30N4O2S. The topological polar surface area (TPSA) is 58.1 Å². The van der Waals surface area contributed by atoms with Crippen molar-refractivity contribution in [3.05, 3.63) is 46.2 Å². The van der Waals surface area contributed by atoms with Crippen LogP contribution in [0.1, 0.15) is 29.3 Å². The highest BCUT2D eigenvalue weighted by atomic mass is 32.1. The fourth-order valence-corrected chi connectivity index (χ4v) is 4.40. The first kappa shape index (κ1) is 20.5. The summed E-state index contributed by atoms with van der Waals surface area (Å²) in [7, 11) is 5.13. The Bertz CT molecular complexity index is 758. The number of hydrogen-bond acceptors (Lipinski definition) is 5. The minimum Gasteiger partial charge on any atom is -0.497 e. The van der Waals surface area contributed by atoms with Crippen LogP contribution in [0.3, 0.4) is 0 Å². The summed E-state index contributed by atoms with van der Waals surface area (Å²) in [4.78, 5) is 8.36. The quantitative estimate of drug-likeness (QED) is 0.524. The lowest BCUT2D eigenvalue weighted by Gasteiger charge is -2.27. The van der Waals surface area contributed by atoms with E-state index in [9.17, 15) is 0 Å². The molecule has 0 aliphatic carbocycles. The van der Waals surface area contributed by atoms with Crippen molar-refractivity contribution in [2.75, 3.05) is 40.9 Å².